The van der Waals surface area contributed by atoms with Gasteiger partial charge in [-0.3, -0.25) is 0 Å². The zero-order valence-corrected chi connectivity index (χ0v) is 11.0. The molecule has 1 aliphatic rings. The Balaban J connectivity index is 1.94. The summed E-state index contributed by atoms with van der Waals surface area (Å²) in [5, 5.41) is 4.40. The number of halogens is 1. The molecule has 1 N–H and O–H groups in total. The highest BCUT2D eigenvalue weighted by Gasteiger charge is 2.31. The van der Waals surface area contributed by atoms with E-state index in [0.717, 1.165) is 16.9 Å². The fraction of sp³-hybridized carbons (Fsp3) is 0.571. The third-order valence-corrected chi connectivity index (χ3v) is 3.91. The van der Waals surface area contributed by atoms with E-state index in [1.165, 1.54) is 24.1 Å². The first kappa shape index (κ1) is 11.8. The lowest BCUT2D eigenvalue weighted by Crippen LogP contribution is -2.38. The van der Waals surface area contributed by atoms with Gasteiger partial charge in [-0.1, -0.05) is 31.5 Å². The second-order valence-corrected chi connectivity index (χ2v) is 5.71. The van der Waals surface area contributed by atoms with Gasteiger partial charge in [0.1, 0.15) is 0 Å². The van der Waals surface area contributed by atoms with Gasteiger partial charge in [-0.2, -0.15) is 0 Å². The molecular weight excluding hydrogens is 218 g/mol. The van der Waals surface area contributed by atoms with E-state index in [1.807, 2.05) is 12.1 Å². The molecule has 0 amide bonds. The van der Waals surface area contributed by atoms with Gasteiger partial charge in [-0.15, -0.1) is 0 Å². The molecular formula is C14H20ClN. The number of rotatable bonds is 3. The van der Waals surface area contributed by atoms with Gasteiger partial charge in [0.15, 0.2) is 0 Å². The molecule has 1 saturated carbocycles. The molecule has 0 unspecified atom stereocenters. The van der Waals surface area contributed by atoms with E-state index in [9.17, 15) is 0 Å². The van der Waals surface area contributed by atoms with Crippen LogP contribution >= 0.6 is 11.6 Å². The summed E-state index contributed by atoms with van der Waals surface area (Å²) in [5.74, 6) is 1.72. The van der Waals surface area contributed by atoms with Gasteiger partial charge in [0, 0.05) is 16.8 Å². The van der Waals surface area contributed by atoms with Crippen molar-refractivity contribution in [2.24, 2.45) is 11.8 Å². The molecule has 0 heterocycles. The number of aryl methyl sites for hydroxylation is 1. The van der Waals surface area contributed by atoms with Crippen LogP contribution in [0.1, 0.15) is 32.3 Å². The minimum absolute atomic E-state index is 0.643. The van der Waals surface area contributed by atoms with Crippen LogP contribution in [-0.4, -0.2) is 6.04 Å². The summed E-state index contributed by atoms with van der Waals surface area (Å²) in [4.78, 5) is 0. The van der Waals surface area contributed by atoms with Crippen molar-refractivity contribution in [3.8, 4) is 0 Å². The third-order valence-electron chi connectivity index (χ3n) is 3.68. The number of anilines is 1. The monoisotopic (exact) mass is 237 g/mol. The summed E-state index contributed by atoms with van der Waals surface area (Å²) in [7, 11) is 0. The van der Waals surface area contributed by atoms with Crippen molar-refractivity contribution in [3.63, 3.8) is 0 Å². The second-order valence-electron chi connectivity index (χ2n) is 5.28. The Bertz CT molecular complexity index is 367. The molecule has 1 aromatic carbocycles. The summed E-state index contributed by atoms with van der Waals surface area (Å²) in [6.45, 7) is 6.74. The van der Waals surface area contributed by atoms with Crippen LogP contribution in [0.4, 0.5) is 5.69 Å². The average molecular weight is 238 g/mol. The fourth-order valence-corrected chi connectivity index (χ4v) is 2.47. The van der Waals surface area contributed by atoms with E-state index in [4.69, 9.17) is 11.6 Å². The van der Waals surface area contributed by atoms with Crippen LogP contribution in [0.5, 0.6) is 0 Å². The molecule has 2 rings (SSSR count). The Kier molecular flexibility index (Phi) is 3.44. The predicted octanol–water partition coefficient (Wildman–Crippen LogP) is 4.49. The van der Waals surface area contributed by atoms with Crippen molar-refractivity contribution < 1.29 is 0 Å². The van der Waals surface area contributed by atoms with Crippen LogP contribution in [0.15, 0.2) is 18.2 Å². The first-order chi connectivity index (χ1) is 7.56. The zero-order chi connectivity index (χ0) is 11.7. The van der Waals surface area contributed by atoms with Crippen LogP contribution in [-0.2, 0) is 0 Å². The van der Waals surface area contributed by atoms with Crippen LogP contribution in [0.3, 0.4) is 0 Å². The first-order valence-electron chi connectivity index (χ1n) is 6.09. The normalized spacial score (nSPS) is 24.3. The SMILES string of the molecule is Cc1ccc(Cl)cc1NC1CC(C(C)C)C1. The van der Waals surface area contributed by atoms with Gasteiger partial charge in [-0.25, -0.2) is 0 Å². The van der Waals surface area contributed by atoms with Crippen LogP contribution in [0.25, 0.3) is 0 Å². The molecule has 0 radical (unpaired) electrons. The van der Waals surface area contributed by atoms with E-state index in [0.29, 0.717) is 6.04 Å². The summed E-state index contributed by atoms with van der Waals surface area (Å²) >= 11 is 6.00. The minimum Gasteiger partial charge on any atom is -0.382 e. The molecule has 88 valence electrons. The van der Waals surface area contributed by atoms with Crippen molar-refractivity contribution in [1.82, 2.24) is 0 Å². The Hall–Kier alpha value is -0.690. The van der Waals surface area contributed by atoms with Crippen molar-refractivity contribution >= 4 is 17.3 Å². The molecule has 0 saturated heterocycles. The third kappa shape index (κ3) is 2.52. The lowest BCUT2D eigenvalue weighted by atomic mass is 9.73. The summed E-state index contributed by atoms with van der Waals surface area (Å²) < 4.78 is 0. The van der Waals surface area contributed by atoms with Crippen LogP contribution in [0, 0.1) is 18.8 Å². The van der Waals surface area contributed by atoms with E-state index >= 15 is 0 Å². The maximum absolute atomic E-state index is 6.00. The minimum atomic E-state index is 0.643. The highest BCUT2D eigenvalue weighted by Crippen LogP contribution is 2.36. The molecule has 1 aliphatic carbocycles. The largest absolute Gasteiger partial charge is 0.382 e. The molecule has 1 fully saturated rings. The van der Waals surface area contributed by atoms with Gasteiger partial charge in [0.05, 0.1) is 0 Å². The number of nitrogens with one attached hydrogen (secondary N) is 1. The highest BCUT2D eigenvalue weighted by atomic mass is 35.5. The number of hydrogen-bond acceptors (Lipinski definition) is 1. The standard InChI is InChI=1S/C14H20ClN/c1-9(2)11-6-13(7-11)16-14-8-12(15)5-4-10(14)3/h4-5,8-9,11,13,16H,6-7H2,1-3H3. The van der Waals surface area contributed by atoms with E-state index in [2.05, 4.69) is 32.2 Å². The van der Waals surface area contributed by atoms with E-state index in [1.54, 1.807) is 0 Å². The lowest BCUT2D eigenvalue weighted by molar-refractivity contribution is 0.212. The van der Waals surface area contributed by atoms with E-state index < -0.39 is 0 Å². The molecule has 2 heteroatoms. The van der Waals surface area contributed by atoms with Crippen LogP contribution < -0.4 is 5.32 Å². The second kappa shape index (κ2) is 4.67. The average Bonchev–Trinajstić information content (AvgIpc) is 2.15. The molecule has 1 nitrogen and oxygen atoms in total. The Morgan fingerprint density at radius 1 is 1.31 bits per heavy atom. The molecule has 16 heavy (non-hydrogen) atoms. The molecule has 0 aliphatic heterocycles. The lowest BCUT2D eigenvalue weighted by Gasteiger charge is -2.39. The predicted molar refractivity (Wildman–Crippen MR) is 71.2 cm³/mol. The van der Waals surface area contributed by atoms with E-state index in [-0.39, 0.29) is 0 Å². The Morgan fingerprint density at radius 3 is 2.62 bits per heavy atom. The Labute approximate surface area is 103 Å². The first-order valence-corrected chi connectivity index (χ1v) is 6.46. The summed E-state index contributed by atoms with van der Waals surface area (Å²) in [5.41, 5.74) is 2.47. The zero-order valence-electron chi connectivity index (χ0n) is 10.3. The van der Waals surface area contributed by atoms with Gasteiger partial charge < -0.3 is 5.32 Å². The smallest absolute Gasteiger partial charge is 0.0426 e. The molecule has 0 aromatic heterocycles. The maximum atomic E-state index is 6.00. The summed E-state index contributed by atoms with van der Waals surface area (Å²) in [6.07, 6.45) is 2.59. The topological polar surface area (TPSA) is 12.0 Å². The van der Waals surface area contributed by atoms with Gasteiger partial charge in [0.25, 0.3) is 0 Å². The van der Waals surface area contributed by atoms with Crippen molar-refractivity contribution in [1.29, 1.82) is 0 Å². The van der Waals surface area contributed by atoms with Gasteiger partial charge in [0.2, 0.25) is 0 Å². The number of benzene rings is 1. The Morgan fingerprint density at radius 2 is 2.00 bits per heavy atom. The van der Waals surface area contributed by atoms with Crippen molar-refractivity contribution in [2.75, 3.05) is 5.32 Å². The highest BCUT2D eigenvalue weighted by molar-refractivity contribution is 6.30. The molecule has 0 bridgehead atoms. The molecule has 1 aromatic rings. The number of hydrogen-bond donors (Lipinski definition) is 1. The quantitative estimate of drug-likeness (QED) is 0.817. The fourth-order valence-electron chi connectivity index (χ4n) is 2.29. The summed E-state index contributed by atoms with van der Waals surface area (Å²) in [6, 6.07) is 6.69. The van der Waals surface area contributed by atoms with Crippen LogP contribution in [0.2, 0.25) is 5.02 Å². The van der Waals surface area contributed by atoms with Crippen molar-refractivity contribution in [2.45, 2.75) is 39.7 Å². The van der Waals surface area contributed by atoms with Gasteiger partial charge in [-0.05, 0) is 49.3 Å². The maximum Gasteiger partial charge on any atom is 0.0426 e. The molecule has 0 spiro atoms. The van der Waals surface area contributed by atoms with Gasteiger partial charge >= 0.3 is 0 Å². The molecule has 0 atom stereocenters. The van der Waals surface area contributed by atoms with Crippen molar-refractivity contribution in [3.05, 3.63) is 28.8 Å².